The molecular formula is C19H21N3O5S. The highest BCUT2D eigenvalue weighted by molar-refractivity contribution is 7.92. The monoisotopic (exact) mass is 403 g/mol. The summed E-state index contributed by atoms with van der Waals surface area (Å²) >= 11 is 0. The fourth-order valence-electron chi connectivity index (χ4n) is 2.71. The number of carbonyl (C=O) groups is 2. The topological polar surface area (TPSA) is 116 Å². The molecule has 0 saturated carbocycles. The molecule has 0 spiro atoms. The Balaban J connectivity index is 2.19. The van der Waals surface area contributed by atoms with Crippen LogP contribution in [0.4, 0.5) is 5.69 Å². The summed E-state index contributed by atoms with van der Waals surface area (Å²) < 4.78 is 25.5. The SMILES string of the molecule is Cc1cccc(C)c1N(CC(=O)N/N=C\c1ccccc1C(=O)O)S(C)(=O)=O. The Labute approximate surface area is 163 Å². The van der Waals surface area contributed by atoms with Crippen molar-refractivity contribution in [3.05, 3.63) is 64.7 Å². The zero-order chi connectivity index (χ0) is 20.9. The first-order chi connectivity index (χ1) is 13.1. The van der Waals surface area contributed by atoms with Gasteiger partial charge in [0.05, 0.1) is 23.7 Å². The Hall–Kier alpha value is -3.20. The van der Waals surface area contributed by atoms with Gasteiger partial charge in [0.1, 0.15) is 6.54 Å². The van der Waals surface area contributed by atoms with Crippen molar-refractivity contribution in [3.8, 4) is 0 Å². The van der Waals surface area contributed by atoms with Crippen LogP contribution in [0.1, 0.15) is 27.0 Å². The summed E-state index contributed by atoms with van der Waals surface area (Å²) in [4.78, 5) is 23.4. The second kappa shape index (κ2) is 8.66. The molecule has 148 valence electrons. The van der Waals surface area contributed by atoms with E-state index in [1.54, 1.807) is 50.2 Å². The van der Waals surface area contributed by atoms with Crippen molar-refractivity contribution >= 4 is 33.8 Å². The van der Waals surface area contributed by atoms with Gasteiger partial charge in [-0.3, -0.25) is 9.10 Å². The first-order valence-electron chi connectivity index (χ1n) is 8.29. The van der Waals surface area contributed by atoms with Gasteiger partial charge in [-0.1, -0.05) is 36.4 Å². The van der Waals surface area contributed by atoms with Crippen molar-refractivity contribution in [1.82, 2.24) is 5.43 Å². The quantitative estimate of drug-likeness (QED) is 0.541. The minimum atomic E-state index is -3.71. The second-order valence-electron chi connectivity index (χ2n) is 6.20. The maximum absolute atomic E-state index is 12.3. The highest BCUT2D eigenvalue weighted by Crippen LogP contribution is 2.26. The molecule has 8 nitrogen and oxygen atoms in total. The smallest absolute Gasteiger partial charge is 0.336 e. The van der Waals surface area contributed by atoms with E-state index in [9.17, 15) is 18.0 Å². The number of hydrogen-bond donors (Lipinski definition) is 2. The molecule has 2 aromatic carbocycles. The Morgan fingerprint density at radius 2 is 1.71 bits per heavy atom. The fraction of sp³-hybridized carbons (Fsp3) is 0.211. The maximum Gasteiger partial charge on any atom is 0.336 e. The molecule has 0 aromatic heterocycles. The minimum absolute atomic E-state index is 0.0359. The van der Waals surface area contributed by atoms with E-state index in [1.807, 2.05) is 0 Å². The zero-order valence-electron chi connectivity index (χ0n) is 15.7. The van der Waals surface area contributed by atoms with Crippen LogP contribution >= 0.6 is 0 Å². The van der Waals surface area contributed by atoms with Gasteiger partial charge in [-0.05, 0) is 31.0 Å². The molecule has 2 aromatic rings. The van der Waals surface area contributed by atoms with E-state index in [4.69, 9.17) is 5.11 Å². The third kappa shape index (κ3) is 5.17. The van der Waals surface area contributed by atoms with Crippen LogP contribution < -0.4 is 9.73 Å². The molecule has 0 saturated heterocycles. The van der Waals surface area contributed by atoms with Crippen LogP contribution in [-0.4, -0.2) is 44.4 Å². The Bertz CT molecular complexity index is 1010. The number of para-hydroxylation sites is 1. The summed E-state index contributed by atoms with van der Waals surface area (Å²) in [7, 11) is -3.71. The van der Waals surface area contributed by atoms with E-state index in [1.165, 1.54) is 12.3 Å². The Kier molecular flexibility index (Phi) is 6.53. The molecule has 0 heterocycles. The summed E-state index contributed by atoms with van der Waals surface area (Å²) in [6.07, 6.45) is 2.23. The molecular weight excluding hydrogens is 382 g/mol. The van der Waals surface area contributed by atoms with Crippen molar-refractivity contribution in [2.45, 2.75) is 13.8 Å². The summed E-state index contributed by atoms with van der Waals surface area (Å²) in [5, 5.41) is 12.9. The number of nitrogens with zero attached hydrogens (tertiary/aromatic N) is 2. The normalized spacial score (nSPS) is 11.4. The summed E-state index contributed by atoms with van der Waals surface area (Å²) in [6, 6.07) is 11.5. The van der Waals surface area contributed by atoms with Crippen molar-refractivity contribution in [3.63, 3.8) is 0 Å². The molecule has 0 fully saturated rings. The maximum atomic E-state index is 12.3. The number of carboxylic acids is 1. The number of amides is 1. The lowest BCUT2D eigenvalue weighted by atomic mass is 10.1. The second-order valence-corrected chi connectivity index (χ2v) is 8.10. The lowest BCUT2D eigenvalue weighted by Gasteiger charge is -2.25. The van der Waals surface area contributed by atoms with Crippen LogP contribution in [0.3, 0.4) is 0 Å². The zero-order valence-corrected chi connectivity index (χ0v) is 16.5. The van der Waals surface area contributed by atoms with Gasteiger partial charge >= 0.3 is 5.97 Å². The van der Waals surface area contributed by atoms with Crippen molar-refractivity contribution in [1.29, 1.82) is 0 Å². The standard InChI is InChI=1S/C19H21N3O5S/c1-13-7-6-8-14(2)18(13)22(28(3,26)27)12-17(23)21-20-11-15-9-4-5-10-16(15)19(24)25/h4-11H,12H2,1-3H3,(H,21,23)(H,24,25)/b20-11-. The number of carbonyl (C=O) groups excluding carboxylic acids is 1. The summed E-state index contributed by atoms with van der Waals surface area (Å²) in [5.74, 6) is -1.77. The van der Waals surface area contributed by atoms with Gasteiger partial charge in [0.2, 0.25) is 10.0 Å². The largest absolute Gasteiger partial charge is 0.478 e. The van der Waals surface area contributed by atoms with Gasteiger partial charge in [0.25, 0.3) is 5.91 Å². The van der Waals surface area contributed by atoms with Gasteiger partial charge in [0.15, 0.2) is 0 Å². The van der Waals surface area contributed by atoms with Gasteiger partial charge in [-0.2, -0.15) is 5.10 Å². The highest BCUT2D eigenvalue weighted by atomic mass is 32.2. The lowest BCUT2D eigenvalue weighted by molar-refractivity contribution is -0.119. The van der Waals surface area contributed by atoms with Crippen LogP contribution in [0, 0.1) is 13.8 Å². The summed E-state index contributed by atoms with van der Waals surface area (Å²) in [5.41, 5.74) is 4.47. The lowest BCUT2D eigenvalue weighted by Crippen LogP contribution is -2.39. The van der Waals surface area contributed by atoms with Gasteiger partial charge in [-0.15, -0.1) is 0 Å². The minimum Gasteiger partial charge on any atom is -0.478 e. The first-order valence-corrected chi connectivity index (χ1v) is 10.1. The molecule has 0 aliphatic heterocycles. The highest BCUT2D eigenvalue weighted by Gasteiger charge is 2.23. The van der Waals surface area contributed by atoms with Gasteiger partial charge in [0, 0.05) is 5.56 Å². The molecule has 0 aliphatic carbocycles. The van der Waals surface area contributed by atoms with Crippen LogP contribution in [0.25, 0.3) is 0 Å². The number of nitrogens with one attached hydrogen (secondary N) is 1. The third-order valence-electron chi connectivity index (χ3n) is 3.96. The number of hydrogen-bond acceptors (Lipinski definition) is 5. The number of carboxylic acid groups (broad SMARTS) is 1. The molecule has 2 rings (SSSR count). The van der Waals surface area contributed by atoms with Crippen molar-refractivity contribution < 1.29 is 23.1 Å². The van der Waals surface area contributed by atoms with E-state index >= 15 is 0 Å². The number of rotatable bonds is 7. The molecule has 0 radical (unpaired) electrons. The molecule has 9 heteroatoms. The van der Waals surface area contributed by atoms with Crippen LogP contribution in [0.15, 0.2) is 47.6 Å². The first kappa shape index (κ1) is 21.1. The average molecular weight is 403 g/mol. The van der Waals surface area contributed by atoms with E-state index < -0.39 is 28.4 Å². The van der Waals surface area contributed by atoms with E-state index in [-0.39, 0.29) is 5.56 Å². The molecule has 0 aliphatic rings. The van der Waals surface area contributed by atoms with Crippen LogP contribution in [-0.2, 0) is 14.8 Å². The number of sulfonamides is 1. The molecule has 28 heavy (non-hydrogen) atoms. The van der Waals surface area contributed by atoms with E-state index in [2.05, 4.69) is 10.5 Å². The number of aromatic carboxylic acids is 1. The Morgan fingerprint density at radius 3 is 2.29 bits per heavy atom. The molecule has 1 amide bonds. The predicted octanol–water partition coefficient (Wildman–Crippen LogP) is 1.92. The number of benzene rings is 2. The van der Waals surface area contributed by atoms with Gasteiger partial charge < -0.3 is 5.11 Å². The van der Waals surface area contributed by atoms with Crippen LogP contribution in [0.5, 0.6) is 0 Å². The molecule has 0 unspecified atom stereocenters. The number of anilines is 1. The summed E-state index contributed by atoms with van der Waals surface area (Å²) in [6.45, 7) is 3.07. The number of hydrazone groups is 1. The predicted molar refractivity (Wildman–Crippen MR) is 107 cm³/mol. The van der Waals surface area contributed by atoms with Gasteiger partial charge in [-0.25, -0.2) is 18.6 Å². The fourth-order valence-corrected chi connectivity index (χ4v) is 3.68. The number of aryl methyl sites for hydroxylation is 2. The Morgan fingerprint density at radius 1 is 1.11 bits per heavy atom. The average Bonchev–Trinajstić information content (AvgIpc) is 2.60. The molecule has 0 bridgehead atoms. The molecule has 0 atom stereocenters. The third-order valence-corrected chi connectivity index (χ3v) is 5.07. The van der Waals surface area contributed by atoms with E-state index in [0.29, 0.717) is 11.3 Å². The van der Waals surface area contributed by atoms with Crippen molar-refractivity contribution in [2.75, 3.05) is 17.1 Å². The van der Waals surface area contributed by atoms with E-state index in [0.717, 1.165) is 21.7 Å². The van der Waals surface area contributed by atoms with Crippen molar-refractivity contribution in [2.24, 2.45) is 5.10 Å². The molecule has 2 N–H and O–H groups in total. The van der Waals surface area contributed by atoms with Crippen LogP contribution in [0.2, 0.25) is 0 Å².